The fraction of sp³-hybridized carbons (Fsp3) is 0.273. The lowest BCUT2D eigenvalue weighted by atomic mass is 10.1. The Hall–Kier alpha value is -1.75. The molecule has 0 aliphatic rings. The topological polar surface area (TPSA) is 92.4 Å². The number of carbonyl (C=O) groups excluding carboxylic acids is 1. The standard InChI is InChI=1S/C11H13ClN2O3/c1-6(11(16)17)5-14-9-3-2-7(10(13)15)4-8(9)12/h2-4,6,14H,5H2,1H3,(H2,13,15)(H,16,17). The van der Waals surface area contributed by atoms with Gasteiger partial charge in [0.1, 0.15) is 0 Å². The van der Waals surface area contributed by atoms with E-state index in [4.69, 9.17) is 22.4 Å². The van der Waals surface area contributed by atoms with Crippen LogP contribution < -0.4 is 11.1 Å². The molecular formula is C11H13ClN2O3. The number of rotatable bonds is 5. The number of primary amides is 1. The molecule has 0 aromatic heterocycles. The van der Waals surface area contributed by atoms with Gasteiger partial charge in [0.05, 0.1) is 16.6 Å². The summed E-state index contributed by atoms with van der Waals surface area (Å²) in [7, 11) is 0. The normalized spacial score (nSPS) is 11.9. The molecule has 0 aliphatic heterocycles. The van der Waals surface area contributed by atoms with Crippen LogP contribution in [0.1, 0.15) is 17.3 Å². The summed E-state index contributed by atoms with van der Waals surface area (Å²) in [6, 6.07) is 4.57. The van der Waals surface area contributed by atoms with Gasteiger partial charge in [0.25, 0.3) is 0 Å². The Bertz CT molecular complexity index is 448. The zero-order valence-electron chi connectivity index (χ0n) is 9.24. The Kier molecular flexibility index (Phi) is 4.34. The molecule has 92 valence electrons. The van der Waals surface area contributed by atoms with Gasteiger partial charge in [0, 0.05) is 12.1 Å². The highest BCUT2D eigenvalue weighted by molar-refractivity contribution is 6.33. The largest absolute Gasteiger partial charge is 0.481 e. The number of nitrogens with two attached hydrogens (primary N) is 1. The van der Waals surface area contributed by atoms with Gasteiger partial charge >= 0.3 is 5.97 Å². The quantitative estimate of drug-likeness (QED) is 0.746. The van der Waals surface area contributed by atoms with E-state index in [1.54, 1.807) is 13.0 Å². The van der Waals surface area contributed by atoms with E-state index >= 15 is 0 Å². The van der Waals surface area contributed by atoms with Crippen molar-refractivity contribution in [2.24, 2.45) is 11.7 Å². The summed E-state index contributed by atoms with van der Waals surface area (Å²) in [4.78, 5) is 21.5. The van der Waals surface area contributed by atoms with Crippen molar-refractivity contribution in [3.8, 4) is 0 Å². The number of nitrogens with one attached hydrogen (secondary N) is 1. The Morgan fingerprint density at radius 3 is 2.65 bits per heavy atom. The molecule has 0 saturated heterocycles. The van der Waals surface area contributed by atoms with E-state index in [-0.39, 0.29) is 6.54 Å². The first-order valence-electron chi connectivity index (χ1n) is 4.98. The van der Waals surface area contributed by atoms with Crippen molar-refractivity contribution in [2.45, 2.75) is 6.92 Å². The fourth-order valence-corrected chi connectivity index (χ4v) is 1.41. The number of carboxylic acids is 1. The number of hydrogen-bond donors (Lipinski definition) is 3. The average Bonchev–Trinajstić information content (AvgIpc) is 2.26. The molecular weight excluding hydrogens is 244 g/mol. The first-order valence-corrected chi connectivity index (χ1v) is 5.35. The molecule has 0 fully saturated rings. The number of amides is 1. The number of halogens is 1. The smallest absolute Gasteiger partial charge is 0.308 e. The lowest BCUT2D eigenvalue weighted by molar-refractivity contribution is -0.140. The number of anilines is 1. The van der Waals surface area contributed by atoms with Crippen molar-refractivity contribution in [1.82, 2.24) is 0 Å². The maximum absolute atomic E-state index is 10.9. The van der Waals surface area contributed by atoms with Gasteiger partial charge in [-0.25, -0.2) is 0 Å². The molecule has 6 heteroatoms. The summed E-state index contributed by atoms with van der Waals surface area (Å²) >= 11 is 5.92. The molecule has 0 spiro atoms. The summed E-state index contributed by atoms with van der Waals surface area (Å²) in [6.07, 6.45) is 0. The van der Waals surface area contributed by atoms with Gasteiger partial charge in [0.15, 0.2) is 0 Å². The van der Waals surface area contributed by atoms with Crippen molar-refractivity contribution in [2.75, 3.05) is 11.9 Å². The summed E-state index contributed by atoms with van der Waals surface area (Å²) < 4.78 is 0. The molecule has 1 aromatic rings. The minimum absolute atomic E-state index is 0.255. The number of benzene rings is 1. The second-order valence-corrected chi connectivity index (χ2v) is 4.09. The highest BCUT2D eigenvalue weighted by Gasteiger charge is 2.11. The lowest BCUT2D eigenvalue weighted by Gasteiger charge is -2.11. The fourth-order valence-electron chi connectivity index (χ4n) is 1.16. The van der Waals surface area contributed by atoms with Crippen LogP contribution in [-0.2, 0) is 4.79 Å². The van der Waals surface area contributed by atoms with Crippen LogP contribution in [-0.4, -0.2) is 23.5 Å². The number of aliphatic carboxylic acids is 1. The molecule has 0 radical (unpaired) electrons. The molecule has 1 atom stereocenters. The molecule has 4 N–H and O–H groups in total. The van der Waals surface area contributed by atoms with Crippen LogP contribution >= 0.6 is 11.6 Å². The number of carbonyl (C=O) groups is 2. The summed E-state index contributed by atoms with van der Waals surface area (Å²) in [5.41, 5.74) is 5.98. The van der Waals surface area contributed by atoms with E-state index in [2.05, 4.69) is 5.32 Å². The Morgan fingerprint density at radius 2 is 2.18 bits per heavy atom. The molecule has 5 nitrogen and oxygen atoms in total. The van der Waals surface area contributed by atoms with E-state index < -0.39 is 17.8 Å². The highest BCUT2D eigenvalue weighted by atomic mass is 35.5. The SMILES string of the molecule is CC(CNc1ccc(C(N)=O)cc1Cl)C(=O)O. The minimum atomic E-state index is -0.887. The predicted molar refractivity (Wildman–Crippen MR) is 65.3 cm³/mol. The van der Waals surface area contributed by atoms with E-state index in [1.807, 2.05) is 0 Å². The molecule has 0 saturated carbocycles. The third-order valence-corrected chi connectivity index (χ3v) is 2.59. The summed E-state index contributed by atoms with van der Waals surface area (Å²) in [5.74, 6) is -1.97. The molecule has 1 unspecified atom stereocenters. The highest BCUT2D eigenvalue weighted by Crippen LogP contribution is 2.23. The van der Waals surface area contributed by atoms with Crippen LogP contribution in [0.5, 0.6) is 0 Å². The minimum Gasteiger partial charge on any atom is -0.481 e. The summed E-state index contributed by atoms with van der Waals surface area (Å²) in [6.45, 7) is 1.84. The molecule has 1 rings (SSSR count). The van der Waals surface area contributed by atoms with Crippen LogP contribution in [0, 0.1) is 5.92 Å². The molecule has 0 bridgehead atoms. The summed E-state index contributed by atoms with van der Waals surface area (Å²) in [5, 5.41) is 11.9. The van der Waals surface area contributed by atoms with Gasteiger partial charge in [-0.15, -0.1) is 0 Å². The third kappa shape index (κ3) is 3.64. The Balaban J connectivity index is 2.73. The maximum atomic E-state index is 10.9. The van der Waals surface area contributed by atoms with Gasteiger partial charge in [0.2, 0.25) is 5.91 Å². The van der Waals surface area contributed by atoms with Gasteiger partial charge < -0.3 is 16.2 Å². The second-order valence-electron chi connectivity index (χ2n) is 3.68. The zero-order chi connectivity index (χ0) is 13.0. The van der Waals surface area contributed by atoms with Crippen LogP contribution in [0.3, 0.4) is 0 Å². The van der Waals surface area contributed by atoms with Crippen LogP contribution in [0.4, 0.5) is 5.69 Å². The van der Waals surface area contributed by atoms with Crippen LogP contribution in [0.2, 0.25) is 5.02 Å². The van der Waals surface area contributed by atoms with Crippen molar-refractivity contribution >= 4 is 29.2 Å². The van der Waals surface area contributed by atoms with Gasteiger partial charge in [-0.2, -0.15) is 0 Å². The predicted octanol–water partition coefficient (Wildman–Crippen LogP) is 1.57. The monoisotopic (exact) mass is 256 g/mol. The van der Waals surface area contributed by atoms with E-state index in [1.165, 1.54) is 12.1 Å². The zero-order valence-corrected chi connectivity index (χ0v) is 9.99. The Labute approximate surface area is 104 Å². The molecule has 0 aliphatic carbocycles. The molecule has 17 heavy (non-hydrogen) atoms. The van der Waals surface area contributed by atoms with E-state index in [0.717, 1.165) is 0 Å². The molecule has 1 aromatic carbocycles. The lowest BCUT2D eigenvalue weighted by Crippen LogP contribution is -2.19. The average molecular weight is 257 g/mol. The number of carboxylic acid groups (broad SMARTS) is 1. The third-order valence-electron chi connectivity index (χ3n) is 2.27. The van der Waals surface area contributed by atoms with Gasteiger partial charge in [-0.1, -0.05) is 18.5 Å². The first kappa shape index (κ1) is 13.3. The maximum Gasteiger partial charge on any atom is 0.308 e. The Morgan fingerprint density at radius 1 is 1.53 bits per heavy atom. The second kappa shape index (κ2) is 5.54. The molecule has 1 amide bonds. The first-order chi connectivity index (χ1) is 7.91. The van der Waals surface area contributed by atoms with E-state index in [9.17, 15) is 9.59 Å². The van der Waals surface area contributed by atoms with Gasteiger partial charge in [-0.3, -0.25) is 9.59 Å². The number of hydrogen-bond acceptors (Lipinski definition) is 3. The van der Waals surface area contributed by atoms with Crippen molar-refractivity contribution in [1.29, 1.82) is 0 Å². The van der Waals surface area contributed by atoms with Crippen molar-refractivity contribution < 1.29 is 14.7 Å². The molecule has 0 heterocycles. The van der Waals surface area contributed by atoms with Gasteiger partial charge in [-0.05, 0) is 18.2 Å². The van der Waals surface area contributed by atoms with Crippen LogP contribution in [0.25, 0.3) is 0 Å². The van der Waals surface area contributed by atoms with E-state index in [0.29, 0.717) is 16.3 Å². The van der Waals surface area contributed by atoms with Crippen molar-refractivity contribution in [3.05, 3.63) is 28.8 Å². The van der Waals surface area contributed by atoms with Crippen molar-refractivity contribution in [3.63, 3.8) is 0 Å². The van der Waals surface area contributed by atoms with Crippen LogP contribution in [0.15, 0.2) is 18.2 Å².